The molecule has 0 saturated heterocycles. The normalized spacial score (nSPS) is 14.2. The van der Waals surface area contributed by atoms with E-state index in [1.807, 2.05) is 11.0 Å². The molecule has 3 aromatic heterocycles. The molecular weight excluding hydrogens is 427 g/mol. The molecule has 0 radical (unpaired) electrons. The molecule has 0 aromatic carbocycles. The highest BCUT2D eigenvalue weighted by Crippen LogP contribution is 2.34. The van der Waals surface area contributed by atoms with Crippen LogP contribution in [0.3, 0.4) is 0 Å². The van der Waals surface area contributed by atoms with Crippen LogP contribution in [0, 0.1) is 6.92 Å². The number of fused-ring (bicyclic) bond motifs is 1. The summed E-state index contributed by atoms with van der Waals surface area (Å²) in [7, 11) is 0. The Hall–Kier alpha value is -2.46. The summed E-state index contributed by atoms with van der Waals surface area (Å²) in [4.78, 5) is 26.9. The zero-order chi connectivity index (χ0) is 20.8. The van der Waals surface area contributed by atoms with E-state index in [0.717, 1.165) is 17.3 Å². The van der Waals surface area contributed by atoms with Crippen LogP contribution in [0.5, 0.6) is 0 Å². The fourth-order valence-corrected chi connectivity index (χ4v) is 4.20. The van der Waals surface area contributed by atoms with E-state index in [1.54, 1.807) is 13.0 Å². The van der Waals surface area contributed by atoms with Gasteiger partial charge < -0.3 is 4.90 Å². The highest BCUT2D eigenvalue weighted by atomic mass is 35.5. The van der Waals surface area contributed by atoms with Gasteiger partial charge in [-0.05, 0) is 30.7 Å². The Labute approximate surface area is 172 Å². The summed E-state index contributed by atoms with van der Waals surface area (Å²) < 4.78 is 39.6. The summed E-state index contributed by atoms with van der Waals surface area (Å²) in [6, 6.07) is 5.98. The first-order valence-corrected chi connectivity index (χ1v) is 9.91. The third-order valence-electron chi connectivity index (χ3n) is 4.63. The van der Waals surface area contributed by atoms with Gasteiger partial charge in [0.2, 0.25) is 5.95 Å². The van der Waals surface area contributed by atoms with Gasteiger partial charge in [-0.15, -0.1) is 11.3 Å². The monoisotopic (exact) mass is 441 g/mol. The molecule has 4 heterocycles. The molecule has 0 spiro atoms. The van der Waals surface area contributed by atoms with Gasteiger partial charge in [-0.2, -0.15) is 23.1 Å². The minimum atomic E-state index is -4.40. The number of hydrogen-bond donors (Lipinski definition) is 0. The van der Waals surface area contributed by atoms with Gasteiger partial charge >= 0.3 is 11.9 Å². The van der Waals surface area contributed by atoms with Gasteiger partial charge in [-0.25, -0.2) is 9.78 Å². The van der Waals surface area contributed by atoms with Crippen molar-refractivity contribution < 1.29 is 13.2 Å². The van der Waals surface area contributed by atoms with Crippen molar-refractivity contribution in [1.82, 2.24) is 19.5 Å². The molecular formula is C18H15ClF3N5OS. The third-order valence-corrected chi connectivity index (χ3v) is 5.96. The average Bonchev–Trinajstić information content (AvgIpc) is 3.13. The van der Waals surface area contributed by atoms with Gasteiger partial charge in [0.15, 0.2) is 0 Å². The van der Waals surface area contributed by atoms with E-state index in [-0.39, 0.29) is 6.54 Å². The predicted molar refractivity (Wildman–Crippen MR) is 103 cm³/mol. The van der Waals surface area contributed by atoms with Gasteiger partial charge in [0, 0.05) is 30.1 Å². The highest BCUT2D eigenvalue weighted by Gasteiger charge is 2.32. The molecule has 0 saturated carbocycles. The fraction of sp³-hybridized carbons (Fsp3) is 0.333. The van der Waals surface area contributed by atoms with Crippen LogP contribution in [0.2, 0.25) is 5.15 Å². The lowest BCUT2D eigenvalue weighted by Crippen LogP contribution is -2.36. The summed E-state index contributed by atoms with van der Waals surface area (Å²) >= 11 is 6.54. The first kappa shape index (κ1) is 19.8. The van der Waals surface area contributed by atoms with Crippen molar-refractivity contribution in [3.63, 3.8) is 0 Å². The molecule has 1 aliphatic heterocycles. The number of hydrogen-bond acceptors (Lipinski definition) is 6. The van der Waals surface area contributed by atoms with Gasteiger partial charge in [-0.3, -0.25) is 4.57 Å². The molecule has 6 nitrogen and oxygen atoms in total. The maximum Gasteiger partial charge on any atom is 0.425 e. The van der Waals surface area contributed by atoms with Crippen LogP contribution in [0.4, 0.5) is 19.1 Å². The number of nitrogens with zero attached hydrogens (tertiary/aromatic N) is 5. The van der Waals surface area contributed by atoms with Crippen LogP contribution in [0.25, 0.3) is 0 Å². The van der Waals surface area contributed by atoms with Crippen molar-refractivity contribution in [3.8, 4) is 0 Å². The Morgan fingerprint density at radius 3 is 2.66 bits per heavy atom. The van der Waals surface area contributed by atoms with Crippen molar-refractivity contribution in [2.75, 3.05) is 11.4 Å². The standard InChI is InChI=1S/C18H15ClF3N5OS/c1-10-23-16(26-7-6-13-11(8-26)2-5-15(19)24-13)25-17(28)27(10)9-12-3-4-14(29-12)18(20,21)22/h2-5H,6-9H2,1H3. The maximum absolute atomic E-state index is 12.8. The summed E-state index contributed by atoms with van der Waals surface area (Å²) in [5, 5.41) is 0.439. The number of thiophene rings is 1. The number of rotatable bonds is 3. The van der Waals surface area contributed by atoms with Crippen molar-refractivity contribution in [3.05, 3.63) is 66.7 Å². The maximum atomic E-state index is 12.8. The summed E-state index contributed by atoms with van der Waals surface area (Å²) in [5.74, 6) is 0.688. The molecule has 0 aliphatic carbocycles. The average molecular weight is 442 g/mol. The van der Waals surface area contributed by atoms with E-state index >= 15 is 0 Å². The number of halogens is 4. The second kappa shape index (κ2) is 7.42. The van der Waals surface area contributed by atoms with Gasteiger partial charge in [0.25, 0.3) is 0 Å². The number of alkyl halides is 3. The van der Waals surface area contributed by atoms with E-state index in [2.05, 4.69) is 15.0 Å². The van der Waals surface area contributed by atoms with E-state index in [0.29, 0.717) is 52.7 Å². The highest BCUT2D eigenvalue weighted by molar-refractivity contribution is 7.12. The van der Waals surface area contributed by atoms with Gasteiger partial charge in [-0.1, -0.05) is 17.7 Å². The Morgan fingerprint density at radius 1 is 1.17 bits per heavy atom. The molecule has 0 bridgehead atoms. The Bertz CT molecular complexity index is 1130. The topological polar surface area (TPSA) is 63.9 Å². The lowest BCUT2D eigenvalue weighted by Gasteiger charge is -2.28. The number of aromatic nitrogens is 4. The predicted octanol–water partition coefficient (Wildman–Crippen LogP) is 3.69. The summed E-state index contributed by atoms with van der Waals surface area (Å²) in [6.07, 6.45) is -3.75. The largest absolute Gasteiger partial charge is 0.425 e. The van der Waals surface area contributed by atoms with Crippen molar-refractivity contribution in [1.29, 1.82) is 0 Å². The molecule has 0 N–H and O–H groups in total. The first-order chi connectivity index (χ1) is 13.7. The third kappa shape index (κ3) is 4.13. The van der Waals surface area contributed by atoms with Crippen molar-refractivity contribution in [2.45, 2.75) is 32.6 Å². The van der Waals surface area contributed by atoms with Gasteiger partial charge in [0.1, 0.15) is 15.9 Å². The minimum Gasteiger partial charge on any atom is -0.336 e. The molecule has 4 rings (SSSR count). The van der Waals surface area contributed by atoms with Gasteiger partial charge in [0.05, 0.1) is 6.54 Å². The molecule has 29 heavy (non-hydrogen) atoms. The van der Waals surface area contributed by atoms with Crippen LogP contribution in [-0.2, 0) is 25.7 Å². The van der Waals surface area contributed by atoms with E-state index < -0.39 is 16.7 Å². The lowest BCUT2D eigenvalue weighted by molar-refractivity contribution is -0.134. The van der Waals surface area contributed by atoms with Crippen molar-refractivity contribution in [2.24, 2.45) is 0 Å². The molecule has 152 valence electrons. The zero-order valence-corrected chi connectivity index (χ0v) is 16.8. The lowest BCUT2D eigenvalue weighted by atomic mass is 10.1. The van der Waals surface area contributed by atoms with Crippen LogP contribution >= 0.6 is 22.9 Å². The Balaban J connectivity index is 1.57. The Morgan fingerprint density at radius 2 is 1.97 bits per heavy atom. The summed E-state index contributed by atoms with van der Waals surface area (Å²) in [5.41, 5.74) is 1.36. The molecule has 1 aliphatic rings. The molecule has 0 atom stereocenters. The molecule has 0 amide bonds. The SMILES string of the molecule is Cc1nc(N2CCc3nc(Cl)ccc3C2)nc(=O)n1Cc1ccc(C(F)(F)F)s1. The Kier molecular flexibility index (Phi) is 5.07. The smallest absolute Gasteiger partial charge is 0.336 e. The quantitative estimate of drug-likeness (QED) is 0.580. The molecule has 0 unspecified atom stereocenters. The van der Waals surface area contributed by atoms with Crippen LogP contribution in [0.15, 0.2) is 29.1 Å². The second-order valence-corrected chi connectivity index (χ2v) is 8.17. The summed E-state index contributed by atoms with van der Waals surface area (Å²) in [6.45, 7) is 2.73. The molecule has 11 heteroatoms. The van der Waals surface area contributed by atoms with E-state index in [9.17, 15) is 18.0 Å². The van der Waals surface area contributed by atoms with Crippen LogP contribution in [-0.4, -0.2) is 26.1 Å². The minimum absolute atomic E-state index is 0.00303. The first-order valence-electron chi connectivity index (χ1n) is 8.71. The fourth-order valence-electron chi connectivity index (χ4n) is 3.17. The molecule has 0 fully saturated rings. The van der Waals surface area contributed by atoms with Crippen molar-refractivity contribution >= 4 is 28.9 Å². The number of anilines is 1. The van der Waals surface area contributed by atoms with Crippen LogP contribution in [0.1, 0.15) is 26.8 Å². The number of aryl methyl sites for hydroxylation is 1. The van der Waals surface area contributed by atoms with E-state index in [4.69, 9.17) is 11.6 Å². The zero-order valence-electron chi connectivity index (χ0n) is 15.2. The number of pyridine rings is 1. The van der Waals surface area contributed by atoms with E-state index in [1.165, 1.54) is 10.6 Å². The molecule has 3 aromatic rings. The second-order valence-electron chi connectivity index (χ2n) is 6.61. The van der Waals surface area contributed by atoms with Crippen LogP contribution < -0.4 is 10.6 Å².